The average molecular weight is 391 g/mol. The van der Waals surface area contributed by atoms with Crippen molar-refractivity contribution >= 4 is 5.97 Å². The minimum Gasteiger partial charge on any atom is -0.457 e. The number of ether oxygens (including phenoxy) is 1. The standard InChI is InChI=1S/C25H42O3/c1-20(2)10-6-11-21(3)12-7-13-22(4)14-8-15-23(5)17-19-28-25(26)24-16-9-18-27-24/h9,16-18,20-22H,6-8,10-15,19H2,1-5H3/b23-17+. The van der Waals surface area contributed by atoms with E-state index in [4.69, 9.17) is 9.15 Å². The number of furan rings is 1. The molecule has 28 heavy (non-hydrogen) atoms. The van der Waals surface area contributed by atoms with Gasteiger partial charge >= 0.3 is 5.97 Å². The van der Waals surface area contributed by atoms with Crippen molar-refractivity contribution in [2.75, 3.05) is 6.61 Å². The van der Waals surface area contributed by atoms with Gasteiger partial charge < -0.3 is 9.15 Å². The van der Waals surface area contributed by atoms with Crippen LogP contribution in [0.15, 0.2) is 34.5 Å². The maximum Gasteiger partial charge on any atom is 0.374 e. The van der Waals surface area contributed by atoms with E-state index >= 15 is 0 Å². The van der Waals surface area contributed by atoms with Crippen molar-refractivity contribution in [1.29, 1.82) is 0 Å². The molecule has 2 atom stereocenters. The van der Waals surface area contributed by atoms with E-state index in [1.165, 1.54) is 63.2 Å². The monoisotopic (exact) mass is 390 g/mol. The summed E-state index contributed by atoms with van der Waals surface area (Å²) in [5.41, 5.74) is 1.29. The van der Waals surface area contributed by atoms with Gasteiger partial charge in [-0.15, -0.1) is 0 Å². The molecule has 0 saturated heterocycles. The third-order valence-electron chi connectivity index (χ3n) is 5.51. The molecule has 3 nitrogen and oxygen atoms in total. The molecular formula is C25H42O3. The second kappa shape index (κ2) is 14.5. The van der Waals surface area contributed by atoms with Crippen LogP contribution in [0.1, 0.15) is 103 Å². The van der Waals surface area contributed by atoms with Crippen molar-refractivity contribution in [2.45, 2.75) is 92.4 Å². The molecule has 160 valence electrons. The molecule has 0 spiro atoms. The lowest BCUT2D eigenvalue weighted by atomic mass is 9.91. The van der Waals surface area contributed by atoms with Crippen LogP contribution in [0.25, 0.3) is 0 Å². The second-order valence-corrected chi connectivity index (χ2v) is 8.98. The third kappa shape index (κ3) is 12.0. The first-order valence-electron chi connectivity index (χ1n) is 11.2. The molecule has 1 aromatic rings. The Bertz CT molecular complexity index is 542. The van der Waals surface area contributed by atoms with Crippen molar-refractivity contribution in [2.24, 2.45) is 17.8 Å². The normalized spacial score (nSPS) is 14.3. The number of carbonyl (C=O) groups excluding carboxylic acids is 1. The molecule has 0 aliphatic heterocycles. The third-order valence-corrected chi connectivity index (χ3v) is 5.51. The fourth-order valence-electron chi connectivity index (χ4n) is 3.53. The minimum absolute atomic E-state index is 0.258. The molecule has 0 aliphatic carbocycles. The Labute approximate surface area is 172 Å². The molecule has 3 heteroatoms. The van der Waals surface area contributed by atoms with Crippen molar-refractivity contribution in [1.82, 2.24) is 0 Å². The molecule has 0 amide bonds. The van der Waals surface area contributed by atoms with Gasteiger partial charge in [0.15, 0.2) is 0 Å². The van der Waals surface area contributed by atoms with Crippen LogP contribution in [0.2, 0.25) is 0 Å². The van der Waals surface area contributed by atoms with Gasteiger partial charge in [0.1, 0.15) is 6.61 Å². The quantitative estimate of drug-likeness (QED) is 0.226. The lowest BCUT2D eigenvalue weighted by molar-refractivity contribution is 0.0512. The highest BCUT2D eigenvalue weighted by molar-refractivity contribution is 5.86. The van der Waals surface area contributed by atoms with Gasteiger partial charge in [-0.1, -0.05) is 78.2 Å². The predicted octanol–water partition coefficient (Wildman–Crippen LogP) is 7.82. The van der Waals surface area contributed by atoms with Gasteiger partial charge in [0.2, 0.25) is 5.76 Å². The number of hydrogen-bond donors (Lipinski definition) is 0. The van der Waals surface area contributed by atoms with Crippen LogP contribution in [-0.2, 0) is 4.74 Å². The highest BCUT2D eigenvalue weighted by atomic mass is 16.5. The van der Waals surface area contributed by atoms with Gasteiger partial charge in [0.05, 0.1) is 6.26 Å². The molecule has 0 saturated carbocycles. The van der Waals surface area contributed by atoms with Gasteiger partial charge in [-0.3, -0.25) is 0 Å². The predicted molar refractivity (Wildman–Crippen MR) is 117 cm³/mol. The molecule has 0 aliphatic rings. The Morgan fingerprint density at radius 3 is 2.18 bits per heavy atom. The summed E-state index contributed by atoms with van der Waals surface area (Å²) in [7, 11) is 0. The van der Waals surface area contributed by atoms with Gasteiger partial charge in [-0.2, -0.15) is 0 Å². The zero-order valence-electron chi connectivity index (χ0n) is 18.8. The van der Waals surface area contributed by atoms with Crippen LogP contribution in [0, 0.1) is 17.8 Å². The van der Waals surface area contributed by atoms with E-state index in [-0.39, 0.29) is 5.76 Å². The lowest BCUT2D eigenvalue weighted by Gasteiger charge is -2.15. The van der Waals surface area contributed by atoms with Crippen LogP contribution in [0.5, 0.6) is 0 Å². The van der Waals surface area contributed by atoms with Crippen LogP contribution in [0.4, 0.5) is 0 Å². The second-order valence-electron chi connectivity index (χ2n) is 8.98. The van der Waals surface area contributed by atoms with E-state index in [1.807, 2.05) is 6.08 Å². The zero-order valence-corrected chi connectivity index (χ0v) is 18.8. The lowest BCUT2D eigenvalue weighted by Crippen LogP contribution is -2.04. The van der Waals surface area contributed by atoms with Crippen LogP contribution >= 0.6 is 0 Å². The molecule has 0 bridgehead atoms. The number of allylic oxidation sites excluding steroid dienone is 1. The number of hydrogen-bond acceptors (Lipinski definition) is 3. The number of esters is 1. The fourth-order valence-corrected chi connectivity index (χ4v) is 3.53. The fraction of sp³-hybridized carbons (Fsp3) is 0.720. The first-order chi connectivity index (χ1) is 13.4. The van der Waals surface area contributed by atoms with Gasteiger partial charge in [-0.25, -0.2) is 4.79 Å². The maximum absolute atomic E-state index is 11.7. The topological polar surface area (TPSA) is 39.4 Å². The minimum atomic E-state index is -0.402. The molecular weight excluding hydrogens is 348 g/mol. The Balaban J connectivity index is 2.05. The van der Waals surface area contributed by atoms with Crippen LogP contribution in [0.3, 0.4) is 0 Å². The summed E-state index contributed by atoms with van der Waals surface area (Å²) in [6.07, 6.45) is 15.3. The maximum atomic E-state index is 11.7. The summed E-state index contributed by atoms with van der Waals surface area (Å²) in [6, 6.07) is 3.30. The Hall–Kier alpha value is -1.51. The SMILES string of the molecule is C/C(=C\COC(=O)c1ccco1)CCCC(C)CCCC(C)CCCC(C)C. The molecule has 0 N–H and O–H groups in total. The van der Waals surface area contributed by atoms with Crippen LogP contribution < -0.4 is 0 Å². The Kier molecular flexibility index (Phi) is 12.7. The largest absolute Gasteiger partial charge is 0.457 e. The van der Waals surface area contributed by atoms with Crippen molar-refractivity contribution in [3.8, 4) is 0 Å². The molecule has 1 rings (SSSR count). The smallest absolute Gasteiger partial charge is 0.374 e. The summed E-state index contributed by atoms with van der Waals surface area (Å²) in [5.74, 6) is 2.37. The highest BCUT2D eigenvalue weighted by Crippen LogP contribution is 2.22. The van der Waals surface area contributed by atoms with Gasteiger partial charge in [0, 0.05) is 0 Å². The molecule has 1 heterocycles. The molecule has 0 radical (unpaired) electrons. The molecule has 0 aromatic carbocycles. The van der Waals surface area contributed by atoms with Gasteiger partial charge in [0.25, 0.3) is 0 Å². The Morgan fingerprint density at radius 1 is 1.00 bits per heavy atom. The van der Waals surface area contributed by atoms with Crippen LogP contribution in [-0.4, -0.2) is 12.6 Å². The van der Waals surface area contributed by atoms with Crippen molar-refractivity contribution in [3.05, 3.63) is 35.8 Å². The van der Waals surface area contributed by atoms with Gasteiger partial charge in [-0.05, 0) is 55.7 Å². The van der Waals surface area contributed by atoms with E-state index < -0.39 is 5.97 Å². The summed E-state index contributed by atoms with van der Waals surface area (Å²) in [4.78, 5) is 11.7. The molecule has 2 unspecified atom stereocenters. The first kappa shape index (κ1) is 24.5. The van der Waals surface area contributed by atoms with Crippen molar-refractivity contribution < 1.29 is 13.9 Å². The number of rotatable bonds is 15. The van der Waals surface area contributed by atoms with E-state index in [1.54, 1.807) is 12.1 Å². The summed E-state index contributed by atoms with van der Waals surface area (Å²) in [6.45, 7) is 11.9. The average Bonchev–Trinajstić information content (AvgIpc) is 3.16. The van der Waals surface area contributed by atoms with E-state index in [0.29, 0.717) is 6.61 Å². The summed E-state index contributed by atoms with van der Waals surface area (Å²) in [5, 5.41) is 0. The molecule has 1 aromatic heterocycles. The Morgan fingerprint density at radius 2 is 1.61 bits per heavy atom. The number of carbonyl (C=O) groups is 1. The zero-order chi connectivity index (χ0) is 20.8. The highest BCUT2D eigenvalue weighted by Gasteiger charge is 2.09. The van der Waals surface area contributed by atoms with E-state index in [9.17, 15) is 4.79 Å². The summed E-state index contributed by atoms with van der Waals surface area (Å²) < 4.78 is 10.2. The summed E-state index contributed by atoms with van der Waals surface area (Å²) >= 11 is 0. The van der Waals surface area contributed by atoms with Crippen molar-refractivity contribution in [3.63, 3.8) is 0 Å². The first-order valence-corrected chi connectivity index (χ1v) is 11.2. The molecule has 0 fully saturated rings. The van der Waals surface area contributed by atoms with E-state index in [2.05, 4.69) is 34.6 Å². The van der Waals surface area contributed by atoms with E-state index in [0.717, 1.165) is 24.2 Å².